The van der Waals surface area contributed by atoms with Gasteiger partial charge in [0.2, 0.25) is 0 Å². The number of rotatable bonds is 4. The SMILES string of the molecule is Cc1cc(C)n(-c2nncn2/N=C\c2ccc(N3CCCCCC3)cc2)n1. The van der Waals surface area contributed by atoms with E-state index in [1.54, 1.807) is 15.7 Å². The summed E-state index contributed by atoms with van der Waals surface area (Å²) in [5, 5.41) is 17.1. The van der Waals surface area contributed by atoms with Gasteiger partial charge >= 0.3 is 0 Å². The van der Waals surface area contributed by atoms with E-state index in [4.69, 9.17) is 0 Å². The van der Waals surface area contributed by atoms with Crippen LogP contribution in [0, 0.1) is 13.8 Å². The highest BCUT2D eigenvalue weighted by Crippen LogP contribution is 2.19. The third-order valence-electron chi connectivity index (χ3n) is 4.91. The van der Waals surface area contributed by atoms with E-state index in [1.165, 1.54) is 31.4 Å². The van der Waals surface area contributed by atoms with Crippen molar-refractivity contribution in [3.05, 3.63) is 53.6 Å². The van der Waals surface area contributed by atoms with Crippen molar-refractivity contribution in [3.8, 4) is 5.95 Å². The lowest BCUT2D eigenvalue weighted by Gasteiger charge is -2.22. The molecule has 7 heteroatoms. The number of benzene rings is 1. The van der Waals surface area contributed by atoms with Crippen molar-refractivity contribution < 1.29 is 0 Å². The van der Waals surface area contributed by atoms with Gasteiger partial charge in [0.25, 0.3) is 5.95 Å². The second kappa shape index (κ2) is 7.73. The maximum Gasteiger partial charge on any atom is 0.273 e. The Hall–Kier alpha value is -2.96. The third kappa shape index (κ3) is 3.92. The molecule has 0 aliphatic carbocycles. The van der Waals surface area contributed by atoms with Crippen molar-refractivity contribution >= 4 is 11.9 Å². The van der Waals surface area contributed by atoms with Gasteiger partial charge in [0.05, 0.1) is 11.9 Å². The summed E-state index contributed by atoms with van der Waals surface area (Å²) in [6, 6.07) is 10.6. The van der Waals surface area contributed by atoms with E-state index >= 15 is 0 Å². The van der Waals surface area contributed by atoms with Gasteiger partial charge in [-0.1, -0.05) is 25.0 Å². The average Bonchev–Trinajstić information content (AvgIpc) is 3.15. The number of hydrogen-bond acceptors (Lipinski definition) is 5. The standard InChI is InChI=1S/C20H25N7/c1-16-13-17(2)27(24-16)20-23-21-15-26(20)22-14-18-7-9-19(10-8-18)25-11-5-3-4-6-12-25/h7-10,13-15H,3-6,11-12H2,1-2H3/b22-14-. The molecule has 2 aromatic heterocycles. The first-order valence-electron chi connectivity index (χ1n) is 9.54. The summed E-state index contributed by atoms with van der Waals surface area (Å²) in [5.41, 5.74) is 4.28. The van der Waals surface area contributed by atoms with E-state index in [1.807, 2.05) is 26.1 Å². The lowest BCUT2D eigenvalue weighted by atomic mass is 10.2. The summed E-state index contributed by atoms with van der Waals surface area (Å²) in [4.78, 5) is 2.48. The Morgan fingerprint density at radius 1 is 1.00 bits per heavy atom. The van der Waals surface area contributed by atoms with Gasteiger partial charge in [-0.25, -0.2) is 4.68 Å². The van der Waals surface area contributed by atoms with Crippen LogP contribution in [-0.2, 0) is 0 Å². The summed E-state index contributed by atoms with van der Waals surface area (Å²) in [7, 11) is 0. The highest BCUT2D eigenvalue weighted by molar-refractivity contribution is 5.80. The van der Waals surface area contributed by atoms with Crippen molar-refractivity contribution in [2.45, 2.75) is 39.5 Å². The highest BCUT2D eigenvalue weighted by atomic mass is 15.5. The molecular formula is C20H25N7. The summed E-state index contributed by atoms with van der Waals surface area (Å²) in [6.45, 7) is 6.25. The molecular weight excluding hydrogens is 338 g/mol. The minimum absolute atomic E-state index is 0.582. The molecule has 0 atom stereocenters. The topological polar surface area (TPSA) is 64.1 Å². The quantitative estimate of drug-likeness (QED) is 0.667. The van der Waals surface area contributed by atoms with Crippen molar-refractivity contribution in [1.29, 1.82) is 0 Å². The Bertz CT molecular complexity index is 912. The summed E-state index contributed by atoms with van der Waals surface area (Å²) in [6.07, 6.45) is 8.67. The normalized spacial score (nSPS) is 15.4. The van der Waals surface area contributed by atoms with Crippen LogP contribution in [0.3, 0.4) is 0 Å². The van der Waals surface area contributed by atoms with Crippen LogP contribution in [0.15, 0.2) is 41.8 Å². The number of anilines is 1. The lowest BCUT2D eigenvalue weighted by molar-refractivity contribution is 0.717. The van der Waals surface area contributed by atoms with Gasteiger partial charge < -0.3 is 4.90 Å². The smallest absolute Gasteiger partial charge is 0.273 e. The maximum absolute atomic E-state index is 4.51. The maximum atomic E-state index is 4.51. The Morgan fingerprint density at radius 3 is 2.41 bits per heavy atom. The van der Waals surface area contributed by atoms with Crippen molar-refractivity contribution in [3.63, 3.8) is 0 Å². The van der Waals surface area contributed by atoms with Crippen LogP contribution in [0.5, 0.6) is 0 Å². The first kappa shape index (κ1) is 17.5. The molecule has 1 fully saturated rings. The molecule has 0 N–H and O–H groups in total. The second-order valence-electron chi connectivity index (χ2n) is 7.05. The van der Waals surface area contributed by atoms with Gasteiger partial charge in [-0.2, -0.15) is 14.9 Å². The molecule has 4 rings (SSSR count). The molecule has 1 aliphatic heterocycles. The van der Waals surface area contributed by atoms with Crippen molar-refractivity contribution in [1.82, 2.24) is 24.7 Å². The summed E-state index contributed by atoms with van der Waals surface area (Å²) in [5.74, 6) is 0.582. The summed E-state index contributed by atoms with van der Waals surface area (Å²) < 4.78 is 3.39. The Kier molecular flexibility index (Phi) is 5.00. The molecule has 27 heavy (non-hydrogen) atoms. The second-order valence-corrected chi connectivity index (χ2v) is 7.05. The molecule has 3 heterocycles. The van der Waals surface area contributed by atoms with E-state index in [0.717, 1.165) is 30.0 Å². The minimum atomic E-state index is 0.582. The molecule has 1 saturated heterocycles. The Labute approximate surface area is 159 Å². The zero-order valence-corrected chi connectivity index (χ0v) is 15.9. The van der Waals surface area contributed by atoms with Crippen molar-refractivity contribution in [2.75, 3.05) is 18.0 Å². The van der Waals surface area contributed by atoms with E-state index in [9.17, 15) is 0 Å². The summed E-state index contributed by atoms with van der Waals surface area (Å²) >= 11 is 0. The van der Waals surface area contributed by atoms with Gasteiger partial charge in [-0.05, 0) is 50.5 Å². The Balaban J connectivity index is 1.51. The van der Waals surface area contributed by atoms with Crippen LogP contribution in [0.1, 0.15) is 42.6 Å². The minimum Gasteiger partial charge on any atom is -0.372 e. The molecule has 3 aromatic rings. The molecule has 0 bridgehead atoms. The van der Waals surface area contributed by atoms with E-state index in [-0.39, 0.29) is 0 Å². The fraction of sp³-hybridized carbons (Fsp3) is 0.400. The van der Waals surface area contributed by atoms with Gasteiger partial charge in [0.1, 0.15) is 6.33 Å². The first-order chi connectivity index (χ1) is 13.2. The fourth-order valence-corrected chi connectivity index (χ4v) is 3.51. The molecule has 7 nitrogen and oxygen atoms in total. The van der Waals surface area contributed by atoms with Crippen LogP contribution in [0.2, 0.25) is 0 Å². The lowest BCUT2D eigenvalue weighted by Crippen LogP contribution is -2.23. The van der Waals surface area contributed by atoms with Crippen LogP contribution in [0.4, 0.5) is 5.69 Å². The van der Waals surface area contributed by atoms with Gasteiger partial charge in [-0.15, -0.1) is 10.2 Å². The van der Waals surface area contributed by atoms with E-state index in [0.29, 0.717) is 5.95 Å². The zero-order valence-electron chi connectivity index (χ0n) is 15.9. The predicted octanol–water partition coefficient (Wildman–Crippen LogP) is 3.34. The average molecular weight is 363 g/mol. The van der Waals surface area contributed by atoms with Crippen molar-refractivity contribution in [2.24, 2.45) is 5.10 Å². The number of aryl methyl sites for hydroxylation is 2. The van der Waals surface area contributed by atoms with Gasteiger partial charge in [-0.3, -0.25) is 0 Å². The number of hydrogen-bond donors (Lipinski definition) is 0. The zero-order chi connectivity index (χ0) is 18.6. The molecule has 1 aromatic carbocycles. The molecule has 0 spiro atoms. The largest absolute Gasteiger partial charge is 0.372 e. The van der Waals surface area contributed by atoms with Gasteiger partial charge in [0.15, 0.2) is 0 Å². The van der Waals surface area contributed by atoms with Gasteiger partial charge in [0, 0.05) is 24.5 Å². The van der Waals surface area contributed by atoms with Crippen LogP contribution < -0.4 is 4.90 Å². The number of nitrogens with zero attached hydrogens (tertiary/aromatic N) is 7. The highest BCUT2D eigenvalue weighted by Gasteiger charge is 2.11. The molecule has 1 aliphatic rings. The third-order valence-corrected chi connectivity index (χ3v) is 4.91. The molecule has 0 radical (unpaired) electrons. The predicted molar refractivity (Wildman–Crippen MR) is 107 cm³/mol. The molecule has 140 valence electrons. The first-order valence-corrected chi connectivity index (χ1v) is 9.54. The number of aromatic nitrogens is 5. The molecule has 0 amide bonds. The van der Waals surface area contributed by atoms with E-state index < -0.39 is 0 Å². The van der Waals surface area contributed by atoms with Crippen LogP contribution in [-0.4, -0.2) is 44.0 Å². The fourth-order valence-electron chi connectivity index (χ4n) is 3.51. The Morgan fingerprint density at radius 2 is 1.74 bits per heavy atom. The monoisotopic (exact) mass is 363 g/mol. The van der Waals surface area contributed by atoms with Crippen LogP contribution >= 0.6 is 0 Å². The van der Waals surface area contributed by atoms with Crippen LogP contribution in [0.25, 0.3) is 5.95 Å². The molecule has 0 unspecified atom stereocenters. The molecule has 0 saturated carbocycles. The van der Waals surface area contributed by atoms with E-state index in [2.05, 4.69) is 49.6 Å².